The van der Waals surface area contributed by atoms with Crippen molar-refractivity contribution < 1.29 is 0 Å². The van der Waals surface area contributed by atoms with Crippen LogP contribution in [0, 0.1) is 0 Å². The van der Waals surface area contributed by atoms with E-state index < -0.39 is 0 Å². The van der Waals surface area contributed by atoms with Crippen LogP contribution in [-0.2, 0) is 7.05 Å². The Labute approximate surface area is 72.5 Å². The summed E-state index contributed by atoms with van der Waals surface area (Å²) in [6, 6.07) is 12.0. The highest BCUT2D eigenvalue weighted by atomic mass is 15.0. The Bertz CT molecular complexity index is 247. The fourth-order valence-electron chi connectivity index (χ4n) is 0.711. The predicted octanol–water partition coefficient (Wildman–Crippen LogP) is 2.11. The van der Waals surface area contributed by atoms with Crippen molar-refractivity contribution in [2.24, 2.45) is 7.05 Å². The molecule has 0 N–H and O–H groups in total. The maximum atomic E-state index is 3.78. The summed E-state index contributed by atoms with van der Waals surface area (Å²) in [5.41, 5.74) is 0. The zero-order valence-corrected chi connectivity index (χ0v) is 7.09. The zero-order valence-electron chi connectivity index (χ0n) is 7.09. The third kappa shape index (κ3) is 3.56. The standard InChI is InChI=1S/C6H6.C4H6N2/c1-2-4-6-5-3-1;1-6-3-2-5-4-6/h1-6H;2-4H,1H3. The third-order valence-corrected chi connectivity index (χ3v) is 1.30. The molecule has 12 heavy (non-hydrogen) atoms. The number of aryl methyl sites for hydroxylation is 1. The van der Waals surface area contributed by atoms with E-state index in [9.17, 15) is 0 Å². The Morgan fingerprint density at radius 2 is 1.42 bits per heavy atom. The van der Waals surface area contributed by atoms with Crippen LogP contribution in [0.15, 0.2) is 55.1 Å². The normalized spacial score (nSPS) is 8.42. The zero-order chi connectivity index (χ0) is 8.65. The monoisotopic (exact) mass is 160 g/mol. The van der Waals surface area contributed by atoms with E-state index in [1.165, 1.54) is 0 Å². The Kier molecular flexibility index (Phi) is 3.64. The Balaban J connectivity index is 0.000000120. The molecule has 0 saturated heterocycles. The highest BCUT2D eigenvalue weighted by Gasteiger charge is 1.69. The van der Waals surface area contributed by atoms with Crippen molar-refractivity contribution in [1.29, 1.82) is 0 Å². The summed E-state index contributed by atoms with van der Waals surface area (Å²) in [7, 11) is 1.94. The van der Waals surface area contributed by atoms with Crippen molar-refractivity contribution in [2.45, 2.75) is 0 Å². The highest BCUT2D eigenvalue weighted by molar-refractivity contribution is 4.99. The Hall–Kier alpha value is -1.57. The van der Waals surface area contributed by atoms with Gasteiger partial charge in [0.05, 0.1) is 6.33 Å². The number of aromatic nitrogens is 2. The van der Waals surface area contributed by atoms with Crippen molar-refractivity contribution in [3.8, 4) is 0 Å². The Morgan fingerprint density at radius 3 is 1.58 bits per heavy atom. The minimum Gasteiger partial charge on any atom is -0.341 e. The lowest BCUT2D eigenvalue weighted by Crippen LogP contribution is -1.76. The molecule has 0 atom stereocenters. The predicted molar refractivity (Wildman–Crippen MR) is 49.7 cm³/mol. The van der Waals surface area contributed by atoms with Crippen LogP contribution in [0.3, 0.4) is 0 Å². The summed E-state index contributed by atoms with van der Waals surface area (Å²) < 4.78 is 1.89. The van der Waals surface area contributed by atoms with Crippen LogP contribution < -0.4 is 0 Å². The molecule has 2 rings (SSSR count). The molecule has 1 heterocycles. The van der Waals surface area contributed by atoms with Crippen molar-refractivity contribution >= 4 is 0 Å². The molecule has 1 aromatic carbocycles. The maximum Gasteiger partial charge on any atom is 0.0943 e. The van der Waals surface area contributed by atoms with Crippen LogP contribution in [-0.4, -0.2) is 9.55 Å². The van der Waals surface area contributed by atoms with E-state index in [0.717, 1.165) is 0 Å². The number of hydrogen-bond donors (Lipinski definition) is 0. The van der Waals surface area contributed by atoms with Crippen LogP contribution in [0.25, 0.3) is 0 Å². The summed E-state index contributed by atoms with van der Waals surface area (Å²) in [6.07, 6.45) is 5.39. The van der Waals surface area contributed by atoms with Gasteiger partial charge in [0.25, 0.3) is 0 Å². The van der Waals surface area contributed by atoms with Gasteiger partial charge in [0.15, 0.2) is 0 Å². The van der Waals surface area contributed by atoms with Gasteiger partial charge in [0.2, 0.25) is 0 Å². The van der Waals surface area contributed by atoms with Crippen LogP contribution in [0.4, 0.5) is 0 Å². The molecule has 62 valence electrons. The van der Waals surface area contributed by atoms with Gasteiger partial charge >= 0.3 is 0 Å². The number of rotatable bonds is 0. The van der Waals surface area contributed by atoms with E-state index in [4.69, 9.17) is 0 Å². The first-order valence-corrected chi connectivity index (χ1v) is 3.81. The molecule has 0 spiro atoms. The molecule has 0 aliphatic rings. The van der Waals surface area contributed by atoms with Gasteiger partial charge in [-0.3, -0.25) is 0 Å². The van der Waals surface area contributed by atoms with Gasteiger partial charge in [-0.2, -0.15) is 0 Å². The Morgan fingerprint density at radius 1 is 0.917 bits per heavy atom. The topological polar surface area (TPSA) is 17.8 Å². The first kappa shape index (κ1) is 8.53. The van der Waals surface area contributed by atoms with Gasteiger partial charge in [0.1, 0.15) is 0 Å². The quantitative estimate of drug-likeness (QED) is 0.577. The molecule has 0 saturated carbocycles. The van der Waals surface area contributed by atoms with Crippen molar-refractivity contribution in [3.63, 3.8) is 0 Å². The first-order chi connectivity index (χ1) is 5.89. The summed E-state index contributed by atoms with van der Waals surface area (Å²) in [6.45, 7) is 0. The summed E-state index contributed by atoms with van der Waals surface area (Å²) >= 11 is 0. The average molecular weight is 160 g/mol. The van der Waals surface area contributed by atoms with Crippen LogP contribution >= 0.6 is 0 Å². The van der Waals surface area contributed by atoms with E-state index in [0.29, 0.717) is 0 Å². The van der Waals surface area contributed by atoms with E-state index in [2.05, 4.69) is 4.98 Å². The lowest BCUT2D eigenvalue weighted by molar-refractivity contribution is 0.913. The molecular weight excluding hydrogens is 148 g/mol. The molecule has 2 heteroatoms. The lowest BCUT2D eigenvalue weighted by Gasteiger charge is -1.76. The first-order valence-electron chi connectivity index (χ1n) is 3.81. The van der Waals surface area contributed by atoms with E-state index in [1.54, 1.807) is 12.5 Å². The molecule has 2 nitrogen and oxygen atoms in total. The molecule has 0 bridgehead atoms. The van der Waals surface area contributed by atoms with Gasteiger partial charge in [0, 0.05) is 19.4 Å². The molecule has 0 aliphatic heterocycles. The summed E-state index contributed by atoms with van der Waals surface area (Å²) in [5, 5.41) is 0. The van der Waals surface area contributed by atoms with Crippen molar-refractivity contribution in [1.82, 2.24) is 9.55 Å². The fraction of sp³-hybridized carbons (Fsp3) is 0.100. The second-order valence-corrected chi connectivity index (χ2v) is 2.38. The average Bonchev–Trinajstić information content (AvgIpc) is 2.60. The SMILES string of the molecule is Cn1ccnc1.c1ccccc1. The van der Waals surface area contributed by atoms with Crippen molar-refractivity contribution in [2.75, 3.05) is 0 Å². The summed E-state index contributed by atoms with van der Waals surface area (Å²) in [5.74, 6) is 0. The van der Waals surface area contributed by atoms with Crippen LogP contribution in [0.1, 0.15) is 0 Å². The van der Waals surface area contributed by atoms with E-state index in [-0.39, 0.29) is 0 Å². The van der Waals surface area contributed by atoms with Gasteiger partial charge < -0.3 is 4.57 Å². The molecule has 0 radical (unpaired) electrons. The second kappa shape index (κ2) is 5.13. The molecule has 1 aromatic heterocycles. The van der Waals surface area contributed by atoms with Gasteiger partial charge in [-0.05, 0) is 0 Å². The van der Waals surface area contributed by atoms with E-state index >= 15 is 0 Å². The number of imidazole rings is 1. The summed E-state index contributed by atoms with van der Waals surface area (Å²) in [4.78, 5) is 3.78. The second-order valence-electron chi connectivity index (χ2n) is 2.38. The molecule has 0 amide bonds. The fourth-order valence-corrected chi connectivity index (χ4v) is 0.711. The molecule has 0 fully saturated rings. The van der Waals surface area contributed by atoms with Crippen molar-refractivity contribution in [3.05, 3.63) is 55.1 Å². The minimum absolute atomic E-state index is 1.75. The largest absolute Gasteiger partial charge is 0.341 e. The maximum absolute atomic E-state index is 3.78. The molecule has 0 aliphatic carbocycles. The minimum atomic E-state index is 1.75. The highest BCUT2D eigenvalue weighted by Crippen LogP contribution is 1.79. The van der Waals surface area contributed by atoms with Gasteiger partial charge in [-0.25, -0.2) is 4.98 Å². The molecular formula is C10H12N2. The number of benzene rings is 1. The van der Waals surface area contributed by atoms with Crippen LogP contribution in [0.5, 0.6) is 0 Å². The number of nitrogens with zero attached hydrogens (tertiary/aromatic N) is 2. The van der Waals surface area contributed by atoms with Gasteiger partial charge in [-0.15, -0.1) is 0 Å². The van der Waals surface area contributed by atoms with Crippen LogP contribution in [0.2, 0.25) is 0 Å². The van der Waals surface area contributed by atoms with E-state index in [1.807, 2.05) is 54.2 Å². The number of hydrogen-bond acceptors (Lipinski definition) is 1. The van der Waals surface area contributed by atoms with Gasteiger partial charge in [-0.1, -0.05) is 36.4 Å². The molecule has 2 aromatic rings. The lowest BCUT2D eigenvalue weighted by atomic mass is 10.4. The smallest absolute Gasteiger partial charge is 0.0943 e. The third-order valence-electron chi connectivity index (χ3n) is 1.30. The molecule has 0 unspecified atom stereocenters.